The molecule has 0 aliphatic rings. The van der Waals surface area contributed by atoms with Crippen molar-refractivity contribution in [2.75, 3.05) is 0 Å². The maximum Gasteiger partial charge on any atom is 0.0547 e. The van der Waals surface area contributed by atoms with Crippen LogP contribution in [-0.2, 0) is 0 Å². The van der Waals surface area contributed by atoms with Crippen LogP contribution in [0.5, 0.6) is 0 Å². The van der Waals surface area contributed by atoms with E-state index in [1.54, 1.807) is 0 Å². The quantitative estimate of drug-likeness (QED) is 0.183. The van der Waals surface area contributed by atoms with Crippen LogP contribution in [0, 0.1) is 0 Å². The van der Waals surface area contributed by atoms with Crippen molar-refractivity contribution in [2.45, 2.75) is 0 Å². The summed E-state index contributed by atoms with van der Waals surface area (Å²) in [5.74, 6) is 0. The number of para-hydroxylation sites is 2. The molecule has 0 unspecified atom stereocenters. The number of aromatic nitrogens is 2. The fraction of sp³-hybridized carbons (Fsp3) is 0. The molecule has 214 valence electrons. The molecule has 2 heterocycles. The van der Waals surface area contributed by atoms with Crippen LogP contribution in [0.3, 0.4) is 0 Å². The highest BCUT2D eigenvalue weighted by molar-refractivity contribution is 6.29. The van der Waals surface area contributed by atoms with Crippen molar-refractivity contribution in [3.8, 4) is 22.5 Å². The Morgan fingerprint density at radius 3 is 1.54 bits per heavy atom. The Hall–Kier alpha value is -6.12. The van der Waals surface area contributed by atoms with Crippen LogP contribution in [0.25, 0.3) is 87.5 Å². The highest BCUT2D eigenvalue weighted by atomic mass is 15.0. The lowest BCUT2D eigenvalue weighted by molar-refractivity contribution is 1.13. The highest BCUT2D eigenvalue weighted by Gasteiger charge is 2.17. The summed E-state index contributed by atoms with van der Waals surface area (Å²) in [5, 5.41) is 11.5. The largest absolute Gasteiger partial charge is 0.317 e. The van der Waals surface area contributed by atoms with E-state index in [-0.39, 0.29) is 0 Å². The van der Waals surface area contributed by atoms with Crippen molar-refractivity contribution in [1.29, 1.82) is 0 Å². The van der Waals surface area contributed by atoms with Gasteiger partial charge in [-0.05, 0) is 109 Å². The Labute approximate surface area is 266 Å². The molecule has 0 fully saturated rings. The zero-order chi connectivity index (χ0) is 30.2. The fourth-order valence-corrected chi connectivity index (χ4v) is 7.57. The van der Waals surface area contributed by atoms with Crippen LogP contribution >= 0.6 is 0 Å². The Kier molecular flexibility index (Phi) is 5.31. The molecular weight excluding hydrogens is 556 g/mol. The molecule has 2 nitrogen and oxygen atoms in total. The van der Waals surface area contributed by atoms with Crippen LogP contribution in [0.1, 0.15) is 0 Å². The third-order valence-electron chi connectivity index (χ3n) is 9.70. The minimum Gasteiger partial charge on any atom is -0.317 e. The standard InChI is InChI=1S/C44H28N2/c1-3-11-32(12-4-1)45-24-23-29-19-20-31(26-43(29)45)30-21-22-42-40(25-30)41-27-38-36-17-9-7-15-34(36)35-16-8-10-18-37(35)39(38)28-44(41)46(42)33-13-5-2-6-14-33/h1-28H. The minimum absolute atomic E-state index is 1.17. The molecule has 10 aromatic rings. The number of rotatable bonds is 3. The molecule has 0 saturated heterocycles. The summed E-state index contributed by atoms with van der Waals surface area (Å²) in [7, 11) is 0. The Morgan fingerprint density at radius 2 is 0.848 bits per heavy atom. The Morgan fingerprint density at radius 1 is 0.304 bits per heavy atom. The minimum atomic E-state index is 1.17. The van der Waals surface area contributed by atoms with Crippen molar-refractivity contribution < 1.29 is 0 Å². The van der Waals surface area contributed by atoms with Crippen LogP contribution in [0.2, 0.25) is 0 Å². The molecule has 8 aromatic carbocycles. The topological polar surface area (TPSA) is 9.86 Å². The van der Waals surface area contributed by atoms with Crippen molar-refractivity contribution in [3.05, 3.63) is 170 Å². The molecule has 46 heavy (non-hydrogen) atoms. The summed E-state index contributed by atoms with van der Waals surface area (Å²) in [6, 6.07) is 59.9. The van der Waals surface area contributed by atoms with Crippen molar-refractivity contribution in [3.63, 3.8) is 0 Å². The third kappa shape index (κ3) is 3.65. The second-order valence-electron chi connectivity index (χ2n) is 12.2. The van der Waals surface area contributed by atoms with Gasteiger partial charge in [0.1, 0.15) is 0 Å². The molecular formula is C44H28N2. The van der Waals surface area contributed by atoms with Crippen molar-refractivity contribution in [2.24, 2.45) is 0 Å². The lowest BCUT2D eigenvalue weighted by atomic mass is 9.93. The van der Waals surface area contributed by atoms with Gasteiger partial charge in [0.05, 0.1) is 16.6 Å². The highest BCUT2D eigenvalue weighted by Crippen LogP contribution is 2.42. The molecule has 0 radical (unpaired) electrons. The van der Waals surface area contributed by atoms with E-state index in [1.807, 2.05) is 0 Å². The van der Waals surface area contributed by atoms with Gasteiger partial charge in [-0.2, -0.15) is 0 Å². The van der Waals surface area contributed by atoms with Crippen molar-refractivity contribution in [1.82, 2.24) is 9.13 Å². The molecule has 0 bridgehead atoms. The first-order valence-electron chi connectivity index (χ1n) is 15.9. The molecule has 2 heteroatoms. The normalized spacial score (nSPS) is 11.9. The fourth-order valence-electron chi connectivity index (χ4n) is 7.57. The number of benzene rings is 8. The summed E-state index contributed by atoms with van der Waals surface area (Å²) >= 11 is 0. The zero-order valence-electron chi connectivity index (χ0n) is 25.1. The van der Waals surface area contributed by atoms with E-state index in [0.717, 1.165) is 0 Å². The van der Waals surface area contributed by atoms with Crippen LogP contribution < -0.4 is 0 Å². The summed E-state index contributed by atoms with van der Waals surface area (Å²) in [5.41, 5.74) is 8.40. The van der Waals surface area contributed by atoms with Gasteiger partial charge < -0.3 is 9.13 Å². The van der Waals surface area contributed by atoms with Gasteiger partial charge in [-0.3, -0.25) is 0 Å². The Bertz CT molecular complexity index is 2780. The summed E-state index contributed by atoms with van der Waals surface area (Å²) in [4.78, 5) is 0. The molecule has 0 aliphatic carbocycles. The number of nitrogens with zero attached hydrogens (tertiary/aromatic N) is 2. The summed E-state index contributed by atoms with van der Waals surface area (Å²) in [6.45, 7) is 0. The SMILES string of the molecule is c1ccc(-n2ccc3ccc(-c4ccc5c(c4)c4cc6c7ccccc7c7ccccc7c6cc4n5-c4ccccc4)cc32)cc1. The van der Waals surface area contributed by atoms with E-state index in [2.05, 4.69) is 179 Å². The first-order chi connectivity index (χ1) is 22.8. The van der Waals surface area contributed by atoms with Crippen LogP contribution in [0.15, 0.2) is 170 Å². The van der Waals surface area contributed by atoms with E-state index >= 15 is 0 Å². The summed E-state index contributed by atoms with van der Waals surface area (Å²) in [6.07, 6.45) is 2.17. The van der Waals surface area contributed by atoms with Gasteiger partial charge in [-0.15, -0.1) is 0 Å². The predicted molar refractivity (Wildman–Crippen MR) is 196 cm³/mol. The van der Waals surface area contributed by atoms with Gasteiger partial charge in [-0.25, -0.2) is 0 Å². The maximum absolute atomic E-state index is 2.44. The van der Waals surface area contributed by atoms with E-state index in [4.69, 9.17) is 0 Å². The van der Waals surface area contributed by atoms with Gasteiger partial charge in [-0.1, -0.05) is 103 Å². The van der Waals surface area contributed by atoms with E-state index in [0.29, 0.717) is 0 Å². The second kappa shape index (κ2) is 9.69. The summed E-state index contributed by atoms with van der Waals surface area (Å²) < 4.78 is 4.71. The lowest BCUT2D eigenvalue weighted by Gasteiger charge is -2.12. The third-order valence-corrected chi connectivity index (χ3v) is 9.70. The van der Waals surface area contributed by atoms with Crippen LogP contribution in [-0.4, -0.2) is 9.13 Å². The van der Waals surface area contributed by atoms with Gasteiger partial charge in [0.2, 0.25) is 0 Å². The molecule has 0 atom stereocenters. The Balaban J connectivity index is 1.28. The molecule has 0 N–H and O–H groups in total. The van der Waals surface area contributed by atoms with Gasteiger partial charge in [0.15, 0.2) is 0 Å². The average molecular weight is 585 g/mol. The molecule has 0 spiro atoms. The first-order valence-corrected chi connectivity index (χ1v) is 15.9. The van der Waals surface area contributed by atoms with Crippen molar-refractivity contribution >= 4 is 65.0 Å². The van der Waals surface area contributed by atoms with E-state index in [9.17, 15) is 0 Å². The maximum atomic E-state index is 2.44. The zero-order valence-corrected chi connectivity index (χ0v) is 25.1. The smallest absolute Gasteiger partial charge is 0.0547 e. The van der Waals surface area contributed by atoms with Crippen LogP contribution in [0.4, 0.5) is 0 Å². The number of hydrogen-bond acceptors (Lipinski definition) is 0. The number of fused-ring (bicyclic) bond motifs is 10. The predicted octanol–water partition coefficient (Wildman–Crippen LogP) is 11.9. The molecule has 0 saturated carbocycles. The monoisotopic (exact) mass is 584 g/mol. The lowest BCUT2D eigenvalue weighted by Crippen LogP contribution is -1.93. The van der Waals surface area contributed by atoms with E-state index < -0.39 is 0 Å². The number of hydrogen-bond donors (Lipinski definition) is 0. The molecule has 0 aliphatic heterocycles. The van der Waals surface area contributed by atoms with Gasteiger partial charge >= 0.3 is 0 Å². The average Bonchev–Trinajstić information content (AvgIpc) is 3.70. The first kappa shape index (κ1) is 25.2. The molecule has 10 rings (SSSR count). The molecule has 0 amide bonds. The van der Waals surface area contributed by atoms with Gasteiger partial charge in [0, 0.05) is 28.3 Å². The molecule has 2 aromatic heterocycles. The van der Waals surface area contributed by atoms with Gasteiger partial charge in [0.25, 0.3) is 0 Å². The second-order valence-corrected chi connectivity index (χ2v) is 12.2. The van der Waals surface area contributed by atoms with E-state index in [1.165, 1.54) is 87.5 Å².